The van der Waals surface area contributed by atoms with Gasteiger partial charge in [0.15, 0.2) is 0 Å². The van der Waals surface area contributed by atoms with Gasteiger partial charge in [-0.3, -0.25) is 14.9 Å². The molecule has 2 rings (SSSR count). The number of non-ortho nitro benzene ring substituents is 1. The number of hydrogen-bond donors (Lipinski definition) is 1. The van der Waals surface area contributed by atoms with Crippen molar-refractivity contribution in [1.82, 2.24) is 0 Å². The zero-order valence-electron chi connectivity index (χ0n) is 12.7. The number of hydrogen-bond acceptors (Lipinski definition) is 5. The van der Waals surface area contributed by atoms with E-state index in [1.54, 1.807) is 0 Å². The molecule has 23 heavy (non-hydrogen) atoms. The molecule has 2 aromatic carbocycles. The number of nitro groups is 1. The normalized spacial score (nSPS) is 11.6. The summed E-state index contributed by atoms with van der Waals surface area (Å²) >= 11 is 1.39. The Morgan fingerprint density at radius 1 is 1.26 bits per heavy atom. The summed E-state index contributed by atoms with van der Waals surface area (Å²) in [6.07, 6.45) is 1.84. The summed E-state index contributed by atoms with van der Waals surface area (Å²) in [4.78, 5) is 22.9. The van der Waals surface area contributed by atoms with Crippen molar-refractivity contribution in [3.63, 3.8) is 0 Å². The largest absolute Gasteiger partial charge is 0.495 e. The van der Waals surface area contributed by atoms with Crippen molar-refractivity contribution in [1.29, 1.82) is 0 Å². The van der Waals surface area contributed by atoms with Gasteiger partial charge in [-0.2, -0.15) is 0 Å². The zero-order valence-corrected chi connectivity index (χ0v) is 13.5. The van der Waals surface area contributed by atoms with E-state index in [1.807, 2.05) is 36.6 Å². The third-order valence-corrected chi connectivity index (χ3v) is 4.19. The number of methoxy groups -OCH3 is 1. The molecule has 7 heteroatoms. The molecule has 0 saturated carbocycles. The van der Waals surface area contributed by atoms with Crippen LogP contribution in [0.3, 0.4) is 0 Å². The maximum absolute atomic E-state index is 12.5. The molecule has 6 nitrogen and oxygen atoms in total. The summed E-state index contributed by atoms with van der Waals surface area (Å²) in [5.74, 6) is 0.111. The van der Waals surface area contributed by atoms with Crippen molar-refractivity contribution in [3.8, 4) is 5.75 Å². The maximum Gasteiger partial charge on any atom is 0.271 e. The van der Waals surface area contributed by atoms with Crippen LogP contribution >= 0.6 is 11.8 Å². The Morgan fingerprint density at radius 2 is 1.96 bits per heavy atom. The van der Waals surface area contributed by atoms with Crippen LogP contribution in [0.5, 0.6) is 5.75 Å². The topological polar surface area (TPSA) is 81.5 Å². The van der Waals surface area contributed by atoms with Gasteiger partial charge >= 0.3 is 0 Å². The Kier molecular flexibility index (Phi) is 5.59. The zero-order chi connectivity index (χ0) is 16.8. The van der Waals surface area contributed by atoms with Crippen molar-refractivity contribution < 1.29 is 14.5 Å². The first-order chi connectivity index (χ1) is 11.1. The van der Waals surface area contributed by atoms with Crippen LogP contribution in [0.15, 0.2) is 48.5 Å². The molecule has 0 bridgehead atoms. The highest BCUT2D eigenvalue weighted by Crippen LogP contribution is 2.32. The molecule has 0 saturated heterocycles. The smallest absolute Gasteiger partial charge is 0.271 e. The molecular weight excluding hydrogens is 316 g/mol. The van der Waals surface area contributed by atoms with Gasteiger partial charge in [0, 0.05) is 12.1 Å². The van der Waals surface area contributed by atoms with Crippen molar-refractivity contribution in [2.75, 3.05) is 18.7 Å². The number of thioether (sulfide) groups is 1. The number of benzene rings is 2. The van der Waals surface area contributed by atoms with E-state index in [0.29, 0.717) is 5.75 Å². The lowest BCUT2D eigenvalue weighted by Crippen LogP contribution is -2.19. The van der Waals surface area contributed by atoms with Gasteiger partial charge in [0.25, 0.3) is 5.69 Å². The van der Waals surface area contributed by atoms with Crippen LogP contribution in [0.4, 0.5) is 11.4 Å². The summed E-state index contributed by atoms with van der Waals surface area (Å²) in [5.41, 5.74) is 1.03. The van der Waals surface area contributed by atoms with Crippen LogP contribution in [-0.4, -0.2) is 24.2 Å². The van der Waals surface area contributed by atoms with Gasteiger partial charge in [-0.1, -0.05) is 30.3 Å². The molecule has 0 aliphatic heterocycles. The molecular formula is C16H16N2O4S. The van der Waals surface area contributed by atoms with E-state index in [1.165, 1.54) is 37.1 Å². The summed E-state index contributed by atoms with van der Waals surface area (Å²) in [6, 6.07) is 13.4. The number of ether oxygens (including phenoxy) is 1. The van der Waals surface area contributed by atoms with Gasteiger partial charge in [0.2, 0.25) is 5.91 Å². The van der Waals surface area contributed by atoms with E-state index < -0.39 is 10.2 Å². The number of nitro benzene ring substituents is 1. The predicted molar refractivity (Wildman–Crippen MR) is 91.0 cm³/mol. The molecule has 0 radical (unpaired) electrons. The van der Waals surface area contributed by atoms with E-state index in [0.717, 1.165) is 5.56 Å². The van der Waals surface area contributed by atoms with Crippen LogP contribution in [-0.2, 0) is 4.79 Å². The highest BCUT2D eigenvalue weighted by Gasteiger charge is 2.21. The fraction of sp³-hybridized carbons (Fsp3) is 0.188. The molecule has 1 amide bonds. The van der Waals surface area contributed by atoms with E-state index >= 15 is 0 Å². The average molecular weight is 332 g/mol. The molecule has 1 atom stereocenters. The maximum atomic E-state index is 12.5. The molecule has 0 unspecified atom stereocenters. The molecule has 120 valence electrons. The Morgan fingerprint density at radius 3 is 2.52 bits per heavy atom. The molecule has 0 spiro atoms. The molecule has 0 aliphatic rings. The van der Waals surface area contributed by atoms with Crippen molar-refractivity contribution in [2.24, 2.45) is 0 Å². The highest BCUT2D eigenvalue weighted by atomic mass is 32.2. The number of carbonyl (C=O) groups is 1. The number of carbonyl (C=O) groups excluding carboxylic acids is 1. The monoisotopic (exact) mass is 332 g/mol. The Labute approximate surface area is 138 Å². The first-order valence-electron chi connectivity index (χ1n) is 6.78. The SMILES string of the molecule is COc1ccc([N+](=O)[O-])cc1NC(=O)[C@H](SC)c1ccccc1. The molecule has 0 aliphatic carbocycles. The Bertz CT molecular complexity index is 706. The fourth-order valence-corrected chi connectivity index (χ4v) is 2.83. The second-order valence-electron chi connectivity index (χ2n) is 4.66. The Balaban J connectivity index is 2.28. The standard InChI is InChI=1S/C16H16N2O4S/c1-22-14-9-8-12(18(20)21)10-13(14)17-16(19)15(23-2)11-6-4-3-5-7-11/h3-10,15H,1-2H3,(H,17,19)/t15-/m1/s1. The number of nitrogens with zero attached hydrogens (tertiary/aromatic N) is 1. The van der Waals surface area contributed by atoms with Crippen LogP contribution in [0, 0.1) is 10.1 Å². The highest BCUT2D eigenvalue weighted by molar-refractivity contribution is 7.99. The summed E-state index contributed by atoms with van der Waals surface area (Å²) in [6.45, 7) is 0. The number of amides is 1. The van der Waals surface area contributed by atoms with Crippen LogP contribution in [0.2, 0.25) is 0 Å². The van der Waals surface area contributed by atoms with Crippen LogP contribution in [0.25, 0.3) is 0 Å². The number of anilines is 1. The van der Waals surface area contributed by atoms with Crippen molar-refractivity contribution >= 4 is 29.0 Å². The van der Waals surface area contributed by atoms with Crippen molar-refractivity contribution in [3.05, 3.63) is 64.2 Å². The van der Waals surface area contributed by atoms with Gasteiger partial charge < -0.3 is 10.1 Å². The fourth-order valence-electron chi connectivity index (χ4n) is 2.13. The molecule has 0 fully saturated rings. The third-order valence-electron chi connectivity index (χ3n) is 3.23. The minimum Gasteiger partial charge on any atom is -0.495 e. The second kappa shape index (κ2) is 7.64. The molecule has 0 aromatic heterocycles. The molecule has 2 aromatic rings. The van der Waals surface area contributed by atoms with Gasteiger partial charge in [-0.15, -0.1) is 11.8 Å². The quantitative estimate of drug-likeness (QED) is 0.645. The number of nitrogens with one attached hydrogen (secondary N) is 1. The van der Waals surface area contributed by atoms with E-state index in [-0.39, 0.29) is 17.3 Å². The molecule has 1 N–H and O–H groups in total. The molecule has 0 heterocycles. The van der Waals surface area contributed by atoms with Gasteiger partial charge in [-0.05, 0) is 17.9 Å². The van der Waals surface area contributed by atoms with Gasteiger partial charge in [-0.25, -0.2) is 0 Å². The lowest BCUT2D eigenvalue weighted by atomic mass is 10.1. The number of rotatable bonds is 6. The summed E-state index contributed by atoms with van der Waals surface area (Å²) < 4.78 is 5.16. The van der Waals surface area contributed by atoms with E-state index in [9.17, 15) is 14.9 Å². The average Bonchev–Trinajstić information content (AvgIpc) is 2.56. The summed E-state index contributed by atoms with van der Waals surface area (Å²) in [7, 11) is 1.44. The summed E-state index contributed by atoms with van der Waals surface area (Å²) in [5, 5.41) is 13.2. The van der Waals surface area contributed by atoms with E-state index in [4.69, 9.17) is 4.74 Å². The minimum absolute atomic E-state index is 0.110. The lowest BCUT2D eigenvalue weighted by Gasteiger charge is -2.16. The van der Waals surface area contributed by atoms with Crippen LogP contribution in [0.1, 0.15) is 10.8 Å². The lowest BCUT2D eigenvalue weighted by molar-refractivity contribution is -0.384. The second-order valence-corrected chi connectivity index (χ2v) is 5.60. The first kappa shape index (κ1) is 16.8. The minimum atomic E-state index is -0.516. The first-order valence-corrected chi connectivity index (χ1v) is 8.06. The Hall–Kier alpha value is -2.54. The van der Waals surface area contributed by atoms with E-state index in [2.05, 4.69) is 5.32 Å². The van der Waals surface area contributed by atoms with Gasteiger partial charge in [0.1, 0.15) is 11.0 Å². The van der Waals surface area contributed by atoms with Crippen LogP contribution < -0.4 is 10.1 Å². The van der Waals surface area contributed by atoms with Crippen molar-refractivity contribution in [2.45, 2.75) is 5.25 Å². The third kappa shape index (κ3) is 4.01. The predicted octanol–water partition coefficient (Wildman–Crippen LogP) is 3.65. The van der Waals surface area contributed by atoms with Gasteiger partial charge in [0.05, 0.1) is 17.7 Å².